The number of likely N-dealkylation sites (tertiary alicyclic amines) is 1. The Morgan fingerprint density at radius 1 is 0.962 bits per heavy atom. The van der Waals surface area contributed by atoms with Gasteiger partial charge in [-0.3, -0.25) is 9.59 Å². The third kappa shape index (κ3) is 4.31. The van der Waals surface area contributed by atoms with Gasteiger partial charge in [0.1, 0.15) is 5.75 Å². The number of amides is 1. The third-order valence-corrected chi connectivity index (χ3v) is 4.91. The first-order valence-electron chi connectivity index (χ1n) is 9.20. The fourth-order valence-electron chi connectivity index (χ4n) is 3.18. The molecule has 136 valence electrons. The monoisotopic (exact) mass is 351 g/mol. The van der Waals surface area contributed by atoms with E-state index in [4.69, 9.17) is 4.74 Å². The molecule has 0 spiro atoms. The number of hydrogen-bond donors (Lipinski definition) is 0. The SMILES string of the molecule is CC1CCN(C(=O)C(C)Oc2ccc(C(=O)c3ccccc3)cc2)CC1. The number of ketones is 1. The van der Waals surface area contributed by atoms with Gasteiger partial charge in [0.15, 0.2) is 11.9 Å². The second kappa shape index (κ2) is 8.17. The number of carbonyl (C=O) groups is 2. The van der Waals surface area contributed by atoms with E-state index in [1.165, 1.54) is 0 Å². The predicted octanol–water partition coefficient (Wildman–Crippen LogP) is 3.94. The molecule has 1 aliphatic rings. The maximum absolute atomic E-state index is 12.5. The van der Waals surface area contributed by atoms with Gasteiger partial charge in [-0.05, 0) is 49.9 Å². The van der Waals surface area contributed by atoms with Crippen LogP contribution in [0.5, 0.6) is 5.75 Å². The van der Waals surface area contributed by atoms with Crippen LogP contribution in [0.1, 0.15) is 42.6 Å². The van der Waals surface area contributed by atoms with Gasteiger partial charge in [-0.2, -0.15) is 0 Å². The molecule has 26 heavy (non-hydrogen) atoms. The Hall–Kier alpha value is -2.62. The molecule has 4 heteroatoms. The minimum atomic E-state index is -0.529. The number of benzene rings is 2. The van der Waals surface area contributed by atoms with Gasteiger partial charge in [0.25, 0.3) is 5.91 Å². The maximum Gasteiger partial charge on any atom is 0.263 e. The molecule has 0 N–H and O–H groups in total. The molecule has 0 saturated carbocycles. The summed E-state index contributed by atoms with van der Waals surface area (Å²) in [5.74, 6) is 1.29. The minimum Gasteiger partial charge on any atom is -0.481 e. The lowest BCUT2D eigenvalue weighted by Gasteiger charge is -2.32. The highest BCUT2D eigenvalue weighted by molar-refractivity contribution is 6.08. The van der Waals surface area contributed by atoms with Crippen LogP contribution in [0.4, 0.5) is 0 Å². The lowest BCUT2D eigenvalue weighted by molar-refractivity contribution is -0.139. The van der Waals surface area contributed by atoms with Gasteiger partial charge in [-0.25, -0.2) is 0 Å². The van der Waals surface area contributed by atoms with Crippen LogP contribution >= 0.6 is 0 Å². The Balaban J connectivity index is 1.60. The van der Waals surface area contributed by atoms with Crippen molar-refractivity contribution in [2.45, 2.75) is 32.8 Å². The van der Waals surface area contributed by atoms with Crippen LogP contribution < -0.4 is 4.74 Å². The van der Waals surface area contributed by atoms with Crippen LogP contribution in [0, 0.1) is 5.92 Å². The lowest BCUT2D eigenvalue weighted by atomic mass is 9.99. The summed E-state index contributed by atoms with van der Waals surface area (Å²) in [6.07, 6.45) is 1.57. The Kier molecular flexibility index (Phi) is 5.71. The fraction of sp³-hybridized carbons (Fsp3) is 0.364. The summed E-state index contributed by atoms with van der Waals surface area (Å²) >= 11 is 0. The summed E-state index contributed by atoms with van der Waals surface area (Å²) in [5, 5.41) is 0. The van der Waals surface area contributed by atoms with Gasteiger partial charge in [0.05, 0.1) is 0 Å². The van der Waals surface area contributed by atoms with E-state index in [0.717, 1.165) is 25.9 Å². The molecule has 2 aromatic carbocycles. The van der Waals surface area contributed by atoms with Crippen molar-refractivity contribution in [1.29, 1.82) is 0 Å². The van der Waals surface area contributed by atoms with Crippen LogP contribution in [-0.2, 0) is 4.79 Å². The average Bonchev–Trinajstić information content (AvgIpc) is 2.68. The zero-order valence-electron chi connectivity index (χ0n) is 15.4. The van der Waals surface area contributed by atoms with Crippen molar-refractivity contribution >= 4 is 11.7 Å². The summed E-state index contributed by atoms with van der Waals surface area (Å²) in [5.41, 5.74) is 1.26. The van der Waals surface area contributed by atoms with E-state index in [-0.39, 0.29) is 11.7 Å². The number of piperidine rings is 1. The molecular weight excluding hydrogens is 326 g/mol. The summed E-state index contributed by atoms with van der Waals surface area (Å²) < 4.78 is 5.79. The van der Waals surface area contributed by atoms with E-state index < -0.39 is 6.10 Å². The van der Waals surface area contributed by atoms with Gasteiger partial charge < -0.3 is 9.64 Å². The highest BCUT2D eigenvalue weighted by atomic mass is 16.5. The molecule has 1 aliphatic heterocycles. The van der Waals surface area contributed by atoms with Crippen molar-refractivity contribution in [3.8, 4) is 5.75 Å². The van der Waals surface area contributed by atoms with E-state index in [9.17, 15) is 9.59 Å². The number of hydrogen-bond acceptors (Lipinski definition) is 3. The molecule has 0 bridgehead atoms. The van der Waals surface area contributed by atoms with Crippen molar-refractivity contribution in [1.82, 2.24) is 4.90 Å². The molecule has 1 amide bonds. The number of carbonyl (C=O) groups excluding carboxylic acids is 2. The van der Waals surface area contributed by atoms with Crippen molar-refractivity contribution in [3.63, 3.8) is 0 Å². The van der Waals surface area contributed by atoms with E-state index in [1.54, 1.807) is 43.3 Å². The molecule has 1 fully saturated rings. The van der Waals surface area contributed by atoms with E-state index >= 15 is 0 Å². The molecular formula is C22H25NO3. The molecule has 0 aliphatic carbocycles. The molecule has 4 nitrogen and oxygen atoms in total. The van der Waals surface area contributed by atoms with Crippen molar-refractivity contribution < 1.29 is 14.3 Å². The molecule has 3 rings (SSSR count). The fourth-order valence-corrected chi connectivity index (χ4v) is 3.18. The topological polar surface area (TPSA) is 46.6 Å². The Labute approximate surface area is 154 Å². The second-order valence-electron chi connectivity index (χ2n) is 6.99. The summed E-state index contributed by atoms with van der Waals surface area (Å²) in [6, 6.07) is 16.2. The Morgan fingerprint density at radius 3 is 2.15 bits per heavy atom. The van der Waals surface area contributed by atoms with Gasteiger partial charge in [0, 0.05) is 24.2 Å². The molecule has 0 aromatic heterocycles. The molecule has 0 radical (unpaired) electrons. The quantitative estimate of drug-likeness (QED) is 0.767. The minimum absolute atomic E-state index is 0.0243. The molecule has 2 aromatic rings. The first-order valence-corrected chi connectivity index (χ1v) is 9.20. The normalized spacial score (nSPS) is 16.2. The number of rotatable bonds is 5. The summed E-state index contributed by atoms with van der Waals surface area (Å²) in [4.78, 5) is 26.8. The predicted molar refractivity (Wildman–Crippen MR) is 101 cm³/mol. The standard InChI is InChI=1S/C22H25NO3/c1-16-12-14-23(15-13-16)22(25)17(2)26-20-10-8-19(9-11-20)21(24)18-6-4-3-5-7-18/h3-11,16-17H,12-15H2,1-2H3. The number of nitrogens with zero attached hydrogens (tertiary/aromatic N) is 1. The summed E-state index contributed by atoms with van der Waals surface area (Å²) in [6.45, 7) is 5.61. The van der Waals surface area contributed by atoms with E-state index in [0.29, 0.717) is 22.8 Å². The molecule has 1 unspecified atom stereocenters. The average molecular weight is 351 g/mol. The largest absolute Gasteiger partial charge is 0.481 e. The van der Waals surface area contributed by atoms with Gasteiger partial charge >= 0.3 is 0 Å². The number of ether oxygens (including phenoxy) is 1. The Morgan fingerprint density at radius 2 is 1.54 bits per heavy atom. The van der Waals surface area contributed by atoms with Crippen molar-refractivity contribution in [2.75, 3.05) is 13.1 Å². The first kappa shape index (κ1) is 18.2. The third-order valence-electron chi connectivity index (χ3n) is 4.91. The first-order chi connectivity index (χ1) is 12.5. The van der Waals surface area contributed by atoms with E-state index in [1.807, 2.05) is 23.1 Å². The van der Waals surface area contributed by atoms with Crippen LogP contribution in [0.15, 0.2) is 54.6 Å². The maximum atomic E-state index is 12.5. The molecule has 1 saturated heterocycles. The van der Waals surface area contributed by atoms with Crippen LogP contribution in [0.3, 0.4) is 0 Å². The van der Waals surface area contributed by atoms with Crippen LogP contribution in [0.2, 0.25) is 0 Å². The van der Waals surface area contributed by atoms with Gasteiger partial charge in [-0.15, -0.1) is 0 Å². The van der Waals surface area contributed by atoms with Crippen LogP contribution in [0.25, 0.3) is 0 Å². The van der Waals surface area contributed by atoms with Crippen molar-refractivity contribution in [3.05, 3.63) is 65.7 Å². The second-order valence-corrected chi connectivity index (χ2v) is 6.99. The highest BCUT2D eigenvalue weighted by Gasteiger charge is 2.25. The molecule has 1 heterocycles. The zero-order valence-corrected chi connectivity index (χ0v) is 15.4. The summed E-state index contributed by atoms with van der Waals surface area (Å²) in [7, 11) is 0. The van der Waals surface area contributed by atoms with Gasteiger partial charge in [0.2, 0.25) is 0 Å². The Bertz CT molecular complexity index is 747. The highest BCUT2D eigenvalue weighted by Crippen LogP contribution is 2.20. The van der Waals surface area contributed by atoms with Gasteiger partial charge in [-0.1, -0.05) is 37.3 Å². The van der Waals surface area contributed by atoms with Crippen molar-refractivity contribution in [2.24, 2.45) is 5.92 Å². The zero-order chi connectivity index (χ0) is 18.5. The molecule has 1 atom stereocenters. The lowest BCUT2D eigenvalue weighted by Crippen LogP contribution is -2.44. The van der Waals surface area contributed by atoms with E-state index in [2.05, 4.69) is 6.92 Å². The van der Waals surface area contributed by atoms with Crippen LogP contribution in [-0.4, -0.2) is 35.8 Å². The smallest absolute Gasteiger partial charge is 0.263 e.